The Kier molecular flexibility index (Phi) is 8.40. The number of hydrogen-bond acceptors (Lipinski definition) is 3. The quantitative estimate of drug-likeness (QED) is 0.751. The molecule has 1 N–H and O–H groups in total. The summed E-state index contributed by atoms with van der Waals surface area (Å²) in [6.45, 7) is 1.91. The second kappa shape index (κ2) is 9.26. The molecule has 1 atom stereocenters. The molecule has 4 nitrogen and oxygen atoms in total. The molecule has 0 spiro atoms. The fraction of sp³-hybridized carbons (Fsp3) is 0.562. The zero-order chi connectivity index (χ0) is 15.3. The van der Waals surface area contributed by atoms with Crippen molar-refractivity contribution in [3.63, 3.8) is 0 Å². The van der Waals surface area contributed by atoms with Gasteiger partial charge in [-0.15, -0.1) is 6.42 Å². The molecule has 0 heterocycles. The van der Waals surface area contributed by atoms with Gasteiger partial charge in [-0.3, -0.25) is 6.29 Å². The summed E-state index contributed by atoms with van der Waals surface area (Å²) in [7, 11) is -3.58. The molecule has 0 saturated heterocycles. The van der Waals surface area contributed by atoms with Gasteiger partial charge in [-0.1, -0.05) is 37.0 Å². The second-order valence-electron chi connectivity index (χ2n) is 5.79. The molecule has 1 aliphatic rings. The van der Waals surface area contributed by atoms with Gasteiger partial charge in [0.25, 0.3) is 0 Å². The minimum Gasteiger partial charge on any atom is -0.542 e. The Labute approximate surface area is 158 Å². The Balaban J connectivity index is 0.00000242. The van der Waals surface area contributed by atoms with Crippen LogP contribution in [-0.2, 0) is 47.5 Å². The van der Waals surface area contributed by atoms with Crippen molar-refractivity contribution in [2.24, 2.45) is 5.92 Å². The van der Waals surface area contributed by atoms with Crippen LogP contribution >= 0.6 is 0 Å². The maximum absolute atomic E-state index is 12.4. The van der Waals surface area contributed by atoms with Gasteiger partial charge in [-0.05, 0) is 37.8 Å². The second-order valence-corrected chi connectivity index (χ2v) is 7.50. The van der Waals surface area contributed by atoms with E-state index in [4.69, 9.17) is 0 Å². The van der Waals surface area contributed by atoms with Crippen molar-refractivity contribution >= 4 is 16.3 Å². The number of benzene rings is 1. The van der Waals surface area contributed by atoms with E-state index in [0.717, 1.165) is 31.2 Å². The zero-order valence-corrected chi connectivity index (χ0v) is 16.6. The Hall–Kier alpha value is -0.0961. The minimum atomic E-state index is -3.58. The van der Waals surface area contributed by atoms with Gasteiger partial charge in [-0.2, -0.15) is 0 Å². The average Bonchev–Trinajstić information content (AvgIpc) is 2.48. The van der Waals surface area contributed by atoms with E-state index in [1.807, 2.05) is 13.2 Å². The van der Waals surface area contributed by atoms with E-state index >= 15 is 0 Å². The summed E-state index contributed by atoms with van der Waals surface area (Å²) in [5.74, 6) is 0.237. The Morgan fingerprint density at radius 2 is 1.77 bits per heavy atom. The van der Waals surface area contributed by atoms with Gasteiger partial charge in [-0.25, -0.2) is 13.1 Å². The van der Waals surface area contributed by atoms with Crippen LogP contribution in [0.15, 0.2) is 29.2 Å². The summed E-state index contributed by atoms with van der Waals surface area (Å²) in [6.07, 6.45) is 7.34. The molecule has 22 heavy (non-hydrogen) atoms. The number of hydrogen-bond donors (Lipinski definition) is 1. The van der Waals surface area contributed by atoms with Crippen LogP contribution in [-0.4, -0.2) is 20.7 Å². The molecular weight excluding hydrogens is 375 g/mol. The molecule has 0 aromatic heterocycles. The Morgan fingerprint density at radius 3 is 2.32 bits per heavy atom. The van der Waals surface area contributed by atoms with E-state index < -0.39 is 10.0 Å². The number of aryl methyl sites for hydroxylation is 1. The molecule has 1 radical (unpaired) electrons. The largest absolute Gasteiger partial charge is 0.542 e. The van der Waals surface area contributed by atoms with Gasteiger partial charge in [0.05, 0.1) is 4.90 Å². The Morgan fingerprint density at radius 1 is 1.18 bits per heavy atom. The molecule has 0 amide bonds. The fourth-order valence-corrected chi connectivity index (χ4v) is 4.22. The van der Waals surface area contributed by atoms with Gasteiger partial charge in [0.2, 0.25) is 10.0 Å². The van der Waals surface area contributed by atoms with Gasteiger partial charge < -0.3 is 4.79 Å². The van der Waals surface area contributed by atoms with Crippen LogP contribution in [0.25, 0.3) is 0 Å². The van der Waals surface area contributed by atoms with Crippen molar-refractivity contribution in [1.82, 2.24) is 4.72 Å². The van der Waals surface area contributed by atoms with Gasteiger partial charge in [0.15, 0.2) is 0 Å². The van der Waals surface area contributed by atoms with Crippen molar-refractivity contribution in [1.29, 1.82) is 0 Å². The first-order valence-electron chi connectivity index (χ1n) is 7.47. The standard InChI is InChI=1S/C16H22NO3S.Y/c1-13-7-9-15(10-8-13)21(19,20)17-16(11-12-18)14-5-3-2-4-6-14;/h7-10,14,16-17H,2-6,11H2,1H3;/q-1;. The molecule has 1 aromatic rings. The first kappa shape index (κ1) is 19.9. The third kappa shape index (κ3) is 5.52. The van der Waals surface area contributed by atoms with Crippen LogP contribution in [0, 0.1) is 12.8 Å². The summed E-state index contributed by atoms with van der Waals surface area (Å²) in [5.41, 5.74) is 1.01. The summed E-state index contributed by atoms with van der Waals surface area (Å²) >= 11 is 0. The van der Waals surface area contributed by atoms with Crippen LogP contribution in [0.2, 0.25) is 0 Å². The molecule has 1 aromatic carbocycles. The number of carbonyl (C=O) groups excluding carboxylic acids is 1. The van der Waals surface area contributed by atoms with E-state index in [9.17, 15) is 13.2 Å². The van der Waals surface area contributed by atoms with E-state index in [2.05, 4.69) is 4.72 Å². The van der Waals surface area contributed by atoms with Crippen LogP contribution < -0.4 is 4.72 Å². The summed E-state index contributed by atoms with van der Waals surface area (Å²) < 4.78 is 27.6. The summed E-state index contributed by atoms with van der Waals surface area (Å²) in [4.78, 5) is 11.0. The predicted octanol–water partition coefficient (Wildman–Crippen LogP) is 2.72. The normalized spacial score (nSPS) is 17.5. The van der Waals surface area contributed by atoms with Crippen molar-refractivity contribution in [3.05, 3.63) is 29.8 Å². The van der Waals surface area contributed by atoms with E-state index in [1.54, 1.807) is 24.3 Å². The van der Waals surface area contributed by atoms with E-state index in [-0.39, 0.29) is 56.0 Å². The Bertz CT molecular complexity index is 566. The van der Waals surface area contributed by atoms with Crippen LogP contribution in [0.1, 0.15) is 44.1 Å². The molecule has 119 valence electrons. The molecular formula is C16H22NO3SY-. The van der Waals surface area contributed by atoms with Crippen LogP contribution in [0.5, 0.6) is 0 Å². The van der Waals surface area contributed by atoms with E-state index in [0.29, 0.717) is 0 Å². The van der Waals surface area contributed by atoms with Gasteiger partial charge in [0.1, 0.15) is 0 Å². The SMILES string of the molecule is Cc1ccc(S(=O)(=O)NC(C[C-]=O)C2CCCCC2)cc1.[Y]. The third-order valence-electron chi connectivity index (χ3n) is 4.16. The maximum atomic E-state index is 12.4. The number of rotatable bonds is 6. The summed E-state index contributed by atoms with van der Waals surface area (Å²) in [5, 5.41) is 0. The molecule has 2 rings (SSSR count). The molecule has 1 saturated carbocycles. The van der Waals surface area contributed by atoms with Crippen molar-refractivity contribution in [2.45, 2.75) is 56.4 Å². The topological polar surface area (TPSA) is 63.2 Å². The van der Waals surface area contributed by atoms with E-state index in [1.165, 1.54) is 6.42 Å². The number of sulfonamides is 1. The molecule has 1 unspecified atom stereocenters. The fourth-order valence-electron chi connectivity index (χ4n) is 2.92. The molecule has 0 bridgehead atoms. The first-order chi connectivity index (χ1) is 10.0. The predicted molar refractivity (Wildman–Crippen MR) is 82.2 cm³/mol. The third-order valence-corrected chi connectivity index (χ3v) is 5.67. The smallest absolute Gasteiger partial charge is 0.240 e. The summed E-state index contributed by atoms with van der Waals surface area (Å²) in [6, 6.07) is 6.40. The van der Waals surface area contributed by atoms with Gasteiger partial charge in [0, 0.05) is 38.8 Å². The molecule has 1 aliphatic carbocycles. The van der Waals surface area contributed by atoms with Gasteiger partial charge >= 0.3 is 0 Å². The molecule has 1 fully saturated rings. The maximum Gasteiger partial charge on any atom is 0.240 e. The zero-order valence-electron chi connectivity index (χ0n) is 12.9. The monoisotopic (exact) mass is 397 g/mol. The van der Waals surface area contributed by atoms with Crippen molar-refractivity contribution in [3.8, 4) is 0 Å². The van der Waals surface area contributed by atoms with Crippen LogP contribution in [0.3, 0.4) is 0 Å². The van der Waals surface area contributed by atoms with Crippen molar-refractivity contribution < 1.29 is 45.9 Å². The molecule has 6 heteroatoms. The van der Waals surface area contributed by atoms with Crippen molar-refractivity contribution in [2.75, 3.05) is 0 Å². The first-order valence-corrected chi connectivity index (χ1v) is 8.95. The van der Waals surface area contributed by atoms with Crippen LogP contribution in [0.4, 0.5) is 0 Å². The molecule has 0 aliphatic heterocycles. The number of nitrogens with one attached hydrogen (secondary N) is 1. The average molecular weight is 397 g/mol. The minimum absolute atomic E-state index is 0.